The predicted molar refractivity (Wildman–Crippen MR) is 51.2 cm³/mol. The third-order valence-corrected chi connectivity index (χ3v) is 1.78. The molecule has 76 valence electrons. The van der Waals surface area contributed by atoms with Gasteiger partial charge in [0.25, 0.3) is 0 Å². The smallest absolute Gasteiger partial charge is 0.242 e. The average molecular weight is 186 g/mol. The summed E-state index contributed by atoms with van der Waals surface area (Å²) in [5, 5.41) is 5.19. The van der Waals surface area contributed by atoms with Crippen LogP contribution in [0.25, 0.3) is 0 Å². The van der Waals surface area contributed by atoms with E-state index in [1.165, 1.54) is 0 Å². The molecule has 0 rings (SSSR count). The van der Waals surface area contributed by atoms with Crippen molar-refractivity contribution >= 4 is 12.3 Å². The van der Waals surface area contributed by atoms with Crippen LogP contribution in [-0.4, -0.2) is 24.9 Å². The number of hydrogen-bond donors (Lipinski definition) is 2. The molecule has 0 aliphatic rings. The minimum absolute atomic E-state index is 0.0944. The van der Waals surface area contributed by atoms with Crippen molar-refractivity contribution < 1.29 is 9.59 Å². The molecule has 0 aliphatic heterocycles. The Bertz CT molecular complexity index is 160. The van der Waals surface area contributed by atoms with Gasteiger partial charge in [0.2, 0.25) is 12.3 Å². The fourth-order valence-electron chi connectivity index (χ4n) is 1.08. The van der Waals surface area contributed by atoms with E-state index in [9.17, 15) is 9.59 Å². The topological polar surface area (TPSA) is 58.2 Å². The highest BCUT2D eigenvalue weighted by Crippen LogP contribution is 1.99. The van der Waals surface area contributed by atoms with Gasteiger partial charge in [0, 0.05) is 6.54 Å². The highest BCUT2D eigenvalue weighted by atomic mass is 16.2. The molecule has 2 amide bonds. The lowest BCUT2D eigenvalue weighted by Gasteiger charge is -2.14. The monoisotopic (exact) mass is 186 g/mol. The standard InChI is InChI=1S/C9H18N2O2/c1-3-5-6-8(11-7-12)9(13)10-4-2/h7-8H,3-6H2,1-2H3,(H,10,13)(H,11,12)/t8-/m0/s1. The number of likely N-dealkylation sites (N-methyl/N-ethyl adjacent to an activating group) is 1. The lowest BCUT2D eigenvalue weighted by atomic mass is 10.1. The van der Waals surface area contributed by atoms with Crippen LogP contribution in [-0.2, 0) is 9.59 Å². The van der Waals surface area contributed by atoms with Gasteiger partial charge in [-0.05, 0) is 13.3 Å². The molecule has 0 aromatic heterocycles. The molecule has 0 fully saturated rings. The molecule has 13 heavy (non-hydrogen) atoms. The SMILES string of the molecule is CCCC[C@H](NC=O)C(=O)NCC. The molecule has 0 aromatic carbocycles. The van der Waals surface area contributed by atoms with E-state index < -0.39 is 0 Å². The largest absolute Gasteiger partial charge is 0.355 e. The van der Waals surface area contributed by atoms with E-state index in [2.05, 4.69) is 17.6 Å². The summed E-state index contributed by atoms with van der Waals surface area (Å²) >= 11 is 0. The molecule has 4 heteroatoms. The number of nitrogens with one attached hydrogen (secondary N) is 2. The number of unbranched alkanes of at least 4 members (excludes halogenated alkanes) is 1. The maximum Gasteiger partial charge on any atom is 0.242 e. The molecule has 0 radical (unpaired) electrons. The summed E-state index contributed by atoms with van der Waals surface area (Å²) in [7, 11) is 0. The lowest BCUT2D eigenvalue weighted by Crippen LogP contribution is -2.43. The molecule has 0 aliphatic carbocycles. The number of amides is 2. The second kappa shape index (κ2) is 7.58. The summed E-state index contributed by atoms with van der Waals surface area (Å²) in [6, 6.07) is -0.364. The molecular weight excluding hydrogens is 168 g/mol. The van der Waals surface area contributed by atoms with Gasteiger partial charge >= 0.3 is 0 Å². The molecule has 1 atom stereocenters. The molecule has 0 aromatic rings. The molecule has 0 saturated heterocycles. The molecule has 0 unspecified atom stereocenters. The van der Waals surface area contributed by atoms with Crippen LogP contribution in [0.15, 0.2) is 0 Å². The van der Waals surface area contributed by atoms with Crippen molar-refractivity contribution in [3.8, 4) is 0 Å². The first-order valence-corrected chi connectivity index (χ1v) is 4.73. The zero-order valence-corrected chi connectivity index (χ0v) is 8.30. The van der Waals surface area contributed by atoms with E-state index in [1.807, 2.05) is 6.92 Å². The Morgan fingerprint density at radius 1 is 1.46 bits per heavy atom. The van der Waals surface area contributed by atoms with Gasteiger partial charge < -0.3 is 10.6 Å². The lowest BCUT2D eigenvalue weighted by molar-refractivity contribution is -0.125. The van der Waals surface area contributed by atoms with Crippen molar-refractivity contribution in [1.29, 1.82) is 0 Å². The van der Waals surface area contributed by atoms with Crippen LogP contribution in [0, 0.1) is 0 Å². The second-order valence-electron chi connectivity index (χ2n) is 2.87. The molecule has 0 bridgehead atoms. The zero-order chi connectivity index (χ0) is 10.1. The maximum atomic E-state index is 11.3. The molecular formula is C9H18N2O2. The van der Waals surface area contributed by atoms with Crippen LogP contribution >= 0.6 is 0 Å². The van der Waals surface area contributed by atoms with E-state index in [0.29, 0.717) is 19.4 Å². The summed E-state index contributed by atoms with van der Waals surface area (Å²) in [4.78, 5) is 21.5. The summed E-state index contributed by atoms with van der Waals surface area (Å²) in [6.07, 6.45) is 3.26. The van der Waals surface area contributed by atoms with Gasteiger partial charge in [0.15, 0.2) is 0 Å². The van der Waals surface area contributed by atoms with Gasteiger partial charge in [-0.25, -0.2) is 0 Å². The van der Waals surface area contributed by atoms with Gasteiger partial charge in [-0.1, -0.05) is 19.8 Å². The van der Waals surface area contributed by atoms with Crippen LogP contribution in [0.5, 0.6) is 0 Å². The predicted octanol–water partition coefficient (Wildman–Crippen LogP) is 0.427. The molecule has 0 spiro atoms. The first-order chi connectivity index (χ1) is 6.26. The van der Waals surface area contributed by atoms with Crippen LogP contribution in [0.2, 0.25) is 0 Å². The highest BCUT2D eigenvalue weighted by molar-refractivity contribution is 5.83. The Kier molecular flexibility index (Phi) is 6.96. The van der Waals surface area contributed by atoms with Crippen molar-refractivity contribution in [3.05, 3.63) is 0 Å². The van der Waals surface area contributed by atoms with E-state index in [0.717, 1.165) is 12.8 Å². The third kappa shape index (κ3) is 5.22. The van der Waals surface area contributed by atoms with E-state index >= 15 is 0 Å². The number of hydrogen-bond acceptors (Lipinski definition) is 2. The Morgan fingerprint density at radius 3 is 2.62 bits per heavy atom. The van der Waals surface area contributed by atoms with Crippen molar-refractivity contribution in [2.45, 2.75) is 39.2 Å². The van der Waals surface area contributed by atoms with E-state index in [-0.39, 0.29) is 11.9 Å². The van der Waals surface area contributed by atoms with Crippen molar-refractivity contribution in [2.24, 2.45) is 0 Å². The first kappa shape index (κ1) is 11.9. The molecule has 4 nitrogen and oxygen atoms in total. The van der Waals surface area contributed by atoms with Crippen molar-refractivity contribution in [1.82, 2.24) is 10.6 Å². The number of rotatable bonds is 7. The van der Waals surface area contributed by atoms with Gasteiger partial charge in [0.1, 0.15) is 6.04 Å². The van der Waals surface area contributed by atoms with Gasteiger partial charge in [-0.3, -0.25) is 9.59 Å². The maximum absolute atomic E-state index is 11.3. The second-order valence-corrected chi connectivity index (χ2v) is 2.87. The zero-order valence-electron chi connectivity index (χ0n) is 8.30. The summed E-state index contributed by atoms with van der Waals surface area (Å²) in [5.74, 6) is -0.0944. The highest BCUT2D eigenvalue weighted by Gasteiger charge is 2.15. The molecule has 0 saturated carbocycles. The fourth-order valence-corrected chi connectivity index (χ4v) is 1.08. The van der Waals surface area contributed by atoms with Gasteiger partial charge in [0.05, 0.1) is 0 Å². The Balaban J connectivity index is 3.90. The van der Waals surface area contributed by atoms with Gasteiger partial charge in [-0.2, -0.15) is 0 Å². The quantitative estimate of drug-likeness (QED) is 0.566. The summed E-state index contributed by atoms with van der Waals surface area (Å²) in [5.41, 5.74) is 0. The Morgan fingerprint density at radius 2 is 2.15 bits per heavy atom. The number of carbonyl (C=O) groups excluding carboxylic acids is 2. The van der Waals surface area contributed by atoms with Crippen molar-refractivity contribution in [3.63, 3.8) is 0 Å². The van der Waals surface area contributed by atoms with Gasteiger partial charge in [-0.15, -0.1) is 0 Å². The van der Waals surface area contributed by atoms with Crippen molar-refractivity contribution in [2.75, 3.05) is 6.54 Å². The van der Waals surface area contributed by atoms with Crippen LogP contribution < -0.4 is 10.6 Å². The van der Waals surface area contributed by atoms with Crippen LogP contribution in [0.1, 0.15) is 33.1 Å². The molecule has 0 heterocycles. The fraction of sp³-hybridized carbons (Fsp3) is 0.778. The minimum Gasteiger partial charge on any atom is -0.355 e. The van der Waals surface area contributed by atoms with Crippen LogP contribution in [0.3, 0.4) is 0 Å². The number of carbonyl (C=O) groups is 2. The summed E-state index contributed by atoms with van der Waals surface area (Å²) in [6.45, 7) is 4.51. The normalized spacial score (nSPS) is 11.8. The first-order valence-electron chi connectivity index (χ1n) is 4.73. The third-order valence-electron chi connectivity index (χ3n) is 1.78. The van der Waals surface area contributed by atoms with E-state index in [4.69, 9.17) is 0 Å². The van der Waals surface area contributed by atoms with Crippen LogP contribution in [0.4, 0.5) is 0 Å². The Hall–Kier alpha value is -1.06. The summed E-state index contributed by atoms with van der Waals surface area (Å²) < 4.78 is 0. The molecule has 2 N–H and O–H groups in total. The minimum atomic E-state index is -0.364. The van der Waals surface area contributed by atoms with E-state index in [1.54, 1.807) is 0 Å². The average Bonchev–Trinajstić information content (AvgIpc) is 2.12. The Labute approximate surface area is 79.1 Å².